The Morgan fingerprint density at radius 2 is 1.52 bits per heavy atom. The normalized spacial score (nSPS) is 11.0. The number of benzene rings is 1. The van der Waals surface area contributed by atoms with Gasteiger partial charge in [-0.1, -0.05) is 19.9 Å². The van der Waals surface area contributed by atoms with Gasteiger partial charge < -0.3 is 5.32 Å². The van der Waals surface area contributed by atoms with E-state index in [0.717, 1.165) is 22.9 Å². The van der Waals surface area contributed by atoms with Gasteiger partial charge in [-0.15, -0.1) is 0 Å². The van der Waals surface area contributed by atoms with E-state index in [-0.39, 0.29) is 0 Å². The first kappa shape index (κ1) is 15.5. The molecule has 3 nitrogen and oxygen atoms in total. The van der Waals surface area contributed by atoms with Crippen LogP contribution in [0.1, 0.15) is 47.7 Å². The van der Waals surface area contributed by atoms with Crippen molar-refractivity contribution in [3.63, 3.8) is 0 Å². The molecule has 0 aliphatic carbocycles. The minimum Gasteiger partial charge on any atom is -0.373 e. The molecule has 1 aromatic carbocycles. The van der Waals surface area contributed by atoms with Crippen LogP contribution < -0.4 is 5.32 Å². The summed E-state index contributed by atoms with van der Waals surface area (Å²) in [5, 5.41) is 3.22. The van der Waals surface area contributed by atoms with Crippen molar-refractivity contribution in [2.75, 3.05) is 12.4 Å². The lowest BCUT2D eigenvalue weighted by Gasteiger charge is -2.17. The predicted molar refractivity (Wildman–Crippen MR) is 90.1 cm³/mol. The van der Waals surface area contributed by atoms with Crippen LogP contribution in [0.25, 0.3) is 11.4 Å². The average Bonchev–Trinajstić information content (AvgIpc) is 2.41. The van der Waals surface area contributed by atoms with Gasteiger partial charge in [-0.3, -0.25) is 0 Å². The van der Waals surface area contributed by atoms with Crippen molar-refractivity contribution in [1.82, 2.24) is 9.97 Å². The zero-order chi connectivity index (χ0) is 15.7. The zero-order valence-electron chi connectivity index (χ0n) is 14.1. The summed E-state index contributed by atoms with van der Waals surface area (Å²) in [6.45, 7) is 12.8. The Morgan fingerprint density at radius 3 is 2.10 bits per heavy atom. The first-order valence-electron chi connectivity index (χ1n) is 7.49. The maximum atomic E-state index is 4.75. The lowest BCUT2D eigenvalue weighted by molar-refractivity contribution is 0.833. The van der Waals surface area contributed by atoms with Gasteiger partial charge in [-0.25, -0.2) is 9.97 Å². The van der Waals surface area contributed by atoms with Crippen LogP contribution in [0.3, 0.4) is 0 Å². The molecule has 2 aromatic rings. The van der Waals surface area contributed by atoms with Gasteiger partial charge in [-0.2, -0.15) is 0 Å². The van der Waals surface area contributed by atoms with Crippen LogP contribution in [0.15, 0.2) is 12.1 Å². The third kappa shape index (κ3) is 2.92. The molecule has 0 atom stereocenters. The Labute approximate surface area is 127 Å². The summed E-state index contributed by atoms with van der Waals surface area (Å²) in [5.74, 6) is 2.15. The Bertz CT molecular complexity index is 673. The molecule has 0 amide bonds. The summed E-state index contributed by atoms with van der Waals surface area (Å²) >= 11 is 0. The van der Waals surface area contributed by atoms with Crippen molar-refractivity contribution >= 4 is 5.82 Å². The van der Waals surface area contributed by atoms with E-state index in [4.69, 9.17) is 9.97 Å². The number of hydrogen-bond donors (Lipinski definition) is 1. The second kappa shape index (κ2) is 5.84. The standard InChI is InChI=1S/C18H25N3/c1-10(2)16-14(6)20-17(21-18(16)19-7)15-9-12(4)11(3)8-13(15)5/h8-10H,1-7H3,(H,19,20,21). The molecule has 0 fully saturated rings. The summed E-state index contributed by atoms with van der Waals surface area (Å²) in [4.78, 5) is 9.51. The van der Waals surface area contributed by atoms with E-state index in [0.29, 0.717) is 5.92 Å². The van der Waals surface area contributed by atoms with Gasteiger partial charge >= 0.3 is 0 Å². The van der Waals surface area contributed by atoms with Crippen LogP contribution in [0.2, 0.25) is 0 Å². The van der Waals surface area contributed by atoms with E-state index in [1.807, 2.05) is 7.05 Å². The van der Waals surface area contributed by atoms with Gasteiger partial charge in [0, 0.05) is 23.9 Å². The molecule has 21 heavy (non-hydrogen) atoms. The lowest BCUT2D eigenvalue weighted by Crippen LogP contribution is -2.07. The second-order valence-electron chi connectivity index (χ2n) is 6.05. The average molecular weight is 283 g/mol. The smallest absolute Gasteiger partial charge is 0.162 e. The Hall–Kier alpha value is -1.90. The van der Waals surface area contributed by atoms with E-state index in [2.05, 4.69) is 59.0 Å². The molecule has 0 bridgehead atoms. The van der Waals surface area contributed by atoms with Crippen LogP contribution in [0, 0.1) is 27.7 Å². The van der Waals surface area contributed by atoms with Crippen molar-refractivity contribution in [2.24, 2.45) is 0 Å². The molecule has 0 saturated heterocycles. The Morgan fingerprint density at radius 1 is 0.905 bits per heavy atom. The lowest BCUT2D eigenvalue weighted by atomic mass is 9.99. The minimum absolute atomic E-state index is 0.405. The molecule has 0 radical (unpaired) electrons. The highest BCUT2D eigenvalue weighted by atomic mass is 15.0. The van der Waals surface area contributed by atoms with Gasteiger partial charge in [0.05, 0.1) is 0 Å². The van der Waals surface area contributed by atoms with Gasteiger partial charge in [0.1, 0.15) is 5.82 Å². The number of aromatic nitrogens is 2. The Kier molecular flexibility index (Phi) is 4.31. The van der Waals surface area contributed by atoms with E-state index in [1.54, 1.807) is 0 Å². The highest BCUT2D eigenvalue weighted by Gasteiger charge is 2.16. The van der Waals surface area contributed by atoms with E-state index in [9.17, 15) is 0 Å². The van der Waals surface area contributed by atoms with Crippen LogP contribution in [0.5, 0.6) is 0 Å². The molecule has 0 aliphatic rings. The fourth-order valence-corrected chi connectivity index (χ4v) is 2.79. The maximum Gasteiger partial charge on any atom is 0.162 e. The minimum atomic E-state index is 0.405. The van der Waals surface area contributed by atoms with Crippen LogP contribution in [-0.2, 0) is 0 Å². The Balaban J connectivity index is 2.66. The van der Waals surface area contributed by atoms with Crippen molar-refractivity contribution in [3.05, 3.63) is 40.1 Å². The topological polar surface area (TPSA) is 37.8 Å². The largest absolute Gasteiger partial charge is 0.373 e. The molecular weight excluding hydrogens is 258 g/mol. The number of hydrogen-bond acceptors (Lipinski definition) is 3. The third-order valence-corrected chi connectivity index (χ3v) is 4.03. The fraction of sp³-hybridized carbons (Fsp3) is 0.444. The van der Waals surface area contributed by atoms with Crippen molar-refractivity contribution in [1.29, 1.82) is 0 Å². The number of nitrogens with one attached hydrogen (secondary N) is 1. The molecule has 2 rings (SSSR count). The molecule has 3 heteroatoms. The predicted octanol–water partition coefficient (Wildman–Crippen LogP) is 4.54. The molecule has 0 unspecified atom stereocenters. The van der Waals surface area contributed by atoms with Gasteiger partial charge in [0.2, 0.25) is 0 Å². The molecule has 0 aliphatic heterocycles. The van der Waals surface area contributed by atoms with Gasteiger partial charge in [-0.05, 0) is 56.4 Å². The van der Waals surface area contributed by atoms with Crippen molar-refractivity contribution < 1.29 is 0 Å². The quantitative estimate of drug-likeness (QED) is 0.898. The molecule has 112 valence electrons. The van der Waals surface area contributed by atoms with Gasteiger partial charge in [0.15, 0.2) is 5.82 Å². The second-order valence-corrected chi connectivity index (χ2v) is 6.05. The highest BCUT2D eigenvalue weighted by Crippen LogP contribution is 2.30. The molecule has 1 aromatic heterocycles. The highest BCUT2D eigenvalue weighted by molar-refractivity contribution is 5.65. The summed E-state index contributed by atoms with van der Waals surface area (Å²) < 4.78 is 0. The number of anilines is 1. The van der Waals surface area contributed by atoms with Crippen LogP contribution >= 0.6 is 0 Å². The number of rotatable bonds is 3. The summed E-state index contributed by atoms with van der Waals surface area (Å²) in [7, 11) is 1.92. The van der Waals surface area contributed by atoms with E-state index in [1.165, 1.54) is 22.3 Å². The van der Waals surface area contributed by atoms with E-state index >= 15 is 0 Å². The van der Waals surface area contributed by atoms with Gasteiger partial charge in [0.25, 0.3) is 0 Å². The first-order chi connectivity index (χ1) is 9.85. The maximum absolute atomic E-state index is 4.75. The number of aryl methyl sites for hydroxylation is 4. The summed E-state index contributed by atoms with van der Waals surface area (Å²) in [6, 6.07) is 4.40. The first-order valence-corrected chi connectivity index (χ1v) is 7.49. The van der Waals surface area contributed by atoms with Crippen molar-refractivity contribution in [2.45, 2.75) is 47.5 Å². The summed E-state index contributed by atoms with van der Waals surface area (Å²) in [6.07, 6.45) is 0. The zero-order valence-corrected chi connectivity index (χ0v) is 14.1. The van der Waals surface area contributed by atoms with Crippen LogP contribution in [0.4, 0.5) is 5.82 Å². The molecule has 0 saturated carbocycles. The third-order valence-electron chi connectivity index (χ3n) is 4.03. The van der Waals surface area contributed by atoms with Crippen LogP contribution in [-0.4, -0.2) is 17.0 Å². The summed E-state index contributed by atoms with van der Waals surface area (Å²) in [5.41, 5.74) is 7.17. The molecule has 1 heterocycles. The molecule has 1 N–H and O–H groups in total. The fourth-order valence-electron chi connectivity index (χ4n) is 2.79. The SMILES string of the molecule is CNc1nc(-c2cc(C)c(C)cc2C)nc(C)c1C(C)C. The van der Waals surface area contributed by atoms with Crippen molar-refractivity contribution in [3.8, 4) is 11.4 Å². The molecular formula is C18H25N3. The molecule has 0 spiro atoms. The van der Waals surface area contributed by atoms with E-state index < -0.39 is 0 Å². The number of nitrogens with zero attached hydrogens (tertiary/aromatic N) is 2. The monoisotopic (exact) mass is 283 g/mol.